The van der Waals surface area contributed by atoms with Crippen molar-refractivity contribution >= 4 is 34.4 Å². The maximum absolute atomic E-state index is 11.6. The quantitative estimate of drug-likeness (QED) is 0.748. The lowest BCUT2D eigenvalue weighted by atomic mass is 10.1. The van der Waals surface area contributed by atoms with Gasteiger partial charge in [-0.3, -0.25) is 4.79 Å². The van der Waals surface area contributed by atoms with Crippen LogP contribution in [-0.4, -0.2) is 36.6 Å². The van der Waals surface area contributed by atoms with E-state index in [1.54, 1.807) is 19.1 Å². The van der Waals surface area contributed by atoms with E-state index in [-0.39, 0.29) is 17.8 Å². The molecular formula is C15H13ClN4O3. The topological polar surface area (TPSA) is 101 Å². The van der Waals surface area contributed by atoms with Crippen LogP contribution in [0.5, 0.6) is 0 Å². The predicted octanol–water partition coefficient (Wildman–Crippen LogP) is 2.62. The van der Waals surface area contributed by atoms with Crippen molar-refractivity contribution in [1.82, 2.24) is 19.7 Å². The van der Waals surface area contributed by atoms with E-state index in [0.717, 1.165) is 5.56 Å². The van der Waals surface area contributed by atoms with Gasteiger partial charge >= 0.3 is 5.97 Å². The number of halogens is 1. The van der Waals surface area contributed by atoms with Crippen LogP contribution in [0.3, 0.4) is 0 Å². The van der Waals surface area contributed by atoms with Crippen molar-refractivity contribution in [3.63, 3.8) is 0 Å². The van der Waals surface area contributed by atoms with Gasteiger partial charge in [0.25, 0.3) is 0 Å². The van der Waals surface area contributed by atoms with Gasteiger partial charge in [-0.05, 0) is 17.7 Å². The van der Waals surface area contributed by atoms with Crippen LogP contribution < -0.4 is 0 Å². The Bertz CT molecular complexity index is 913. The zero-order valence-corrected chi connectivity index (χ0v) is 13.0. The number of imidazole rings is 1. The van der Waals surface area contributed by atoms with E-state index in [9.17, 15) is 9.59 Å². The first-order valence-corrected chi connectivity index (χ1v) is 7.34. The van der Waals surface area contributed by atoms with Gasteiger partial charge in [-0.2, -0.15) is 5.10 Å². The molecule has 2 heterocycles. The number of aromatic amines is 1. The van der Waals surface area contributed by atoms with Crippen LogP contribution in [-0.2, 0) is 11.2 Å². The molecule has 0 fully saturated rings. The molecule has 23 heavy (non-hydrogen) atoms. The second-order valence-corrected chi connectivity index (χ2v) is 5.48. The monoisotopic (exact) mass is 332 g/mol. The van der Waals surface area contributed by atoms with Crippen LogP contribution in [0.2, 0.25) is 5.02 Å². The van der Waals surface area contributed by atoms with E-state index in [4.69, 9.17) is 16.7 Å². The Labute approximate surface area is 135 Å². The minimum absolute atomic E-state index is 0.0673. The number of hydrogen-bond acceptors (Lipinski definition) is 4. The van der Waals surface area contributed by atoms with E-state index in [0.29, 0.717) is 28.4 Å². The van der Waals surface area contributed by atoms with Crippen molar-refractivity contribution in [2.75, 3.05) is 0 Å². The third-order valence-corrected chi connectivity index (χ3v) is 3.82. The van der Waals surface area contributed by atoms with Gasteiger partial charge in [0.05, 0.1) is 22.8 Å². The highest BCUT2D eigenvalue weighted by Crippen LogP contribution is 2.24. The number of carbonyl (C=O) groups excluding carboxylic acids is 1. The molecule has 7 nitrogen and oxygen atoms in total. The lowest BCUT2D eigenvalue weighted by Crippen LogP contribution is -2.00. The van der Waals surface area contributed by atoms with Gasteiger partial charge in [-0.1, -0.05) is 18.5 Å². The Balaban J connectivity index is 2.01. The highest BCUT2D eigenvalue weighted by atomic mass is 35.5. The molecule has 2 aromatic heterocycles. The summed E-state index contributed by atoms with van der Waals surface area (Å²) in [6.07, 6.45) is 3.33. The van der Waals surface area contributed by atoms with Crippen LogP contribution in [0.15, 0.2) is 24.5 Å². The Kier molecular flexibility index (Phi) is 3.87. The van der Waals surface area contributed by atoms with Crippen LogP contribution in [0.25, 0.3) is 17.0 Å². The number of benzene rings is 1. The van der Waals surface area contributed by atoms with Crippen LogP contribution in [0, 0.1) is 0 Å². The van der Waals surface area contributed by atoms with Crippen molar-refractivity contribution in [3.05, 3.63) is 40.7 Å². The van der Waals surface area contributed by atoms with Crippen molar-refractivity contribution < 1.29 is 14.7 Å². The van der Waals surface area contributed by atoms with Gasteiger partial charge in [-0.25, -0.2) is 14.5 Å². The van der Waals surface area contributed by atoms with E-state index in [1.807, 2.05) is 0 Å². The van der Waals surface area contributed by atoms with Gasteiger partial charge < -0.3 is 10.1 Å². The number of ketones is 1. The molecule has 0 aliphatic heterocycles. The second kappa shape index (κ2) is 5.85. The molecule has 0 aliphatic rings. The maximum Gasteiger partial charge on any atom is 0.338 e. The van der Waals surface area contributed by atoms with Crippen LogP contribution in [0.4, 0.5) is 0 Å². The van der Waals surface area contributed by atoms with Gasteiger partial charge in [0, 0.05) is 24.1 Å². The zero-order chi connectivity index (χ0) is 16.6. The molecule has 0 saturated heterocycles. The summed E-state index contributed by atoms with van der Waals surface area (Å²) in [6.45, 7) is 1.81. The normalized spacial score (nSPS) is 11.0. The Morgan fingerprint density at radius 2 is 2.17 bits per heavy atom. The van der Waals surface area contributed by atoms with Crippen molar-refractivity contribution in [3.8, 4) is 5.95 Å². The fourth-order valence-corrected chi connectivity index (χ4v) is 2.42. The molecule has 0 saturated carbocycles. The fourth-order valence-electron chi connectivity index (χ4n) is 2.19. The molecule has 3 rings (SSSR count). The number of rotatable bonds is 5. The van der Waals surface area contributed by atoms with E-state index in [1.165, 1.54) is 17.1 Å². The van der Waals surface area contributed by atoms with Crippen LogP contribution in [0.1, 0.15) is 29.3 Å². The molecule has 3 aromatic rings. The van der Waals surface area contributed by atoms with Crippen LogP contribution >= 0.6 is 11.6 Å². The molecule has 0 amide bonds. The lowest BCUT2D eigenvalue weighted by Gasteiger charge is -2.02. The summed E-state index contributed by atoms with van der Waals surface area (Å²) in [5, 5.41) is 13.4. The van der Waals surface area contributed by atoms with E-state index < -0.39 is 5.97 Å². The Hall–Kier alpha value is -2.67. The number of fused-ring (bicyclic) bond motifs is 1. The summed E-state index contributed by atoms with van der Waals surface area (Å²) in [6, 6.07) is 3.46. The standard InChI is InChI=1S/C15H13ClN4O3/c1-2-10(21)3-8-4-12-13(5-11(8)16)19-15(18-12)20-7-9(6-17-20)14(22)23/h4-7H,2-3H2,1H3,(H,18,19)(H,22,23). The lowest BCUT2D eigenvalue weighted by molar-refractivity contribution is -0.118. The summed E-state index contributed by atoms with van der Waals surface area (Å²) < 4.78 is 1.34. The largest absolute Gasteiger partial charge is 0.478 e. The summed E-state index contributed by atoms with van der Waals surface area (Å²) >= 11 is 6.20. The van der Waals surface area contributed by atoms with Gasteiger partial charge in [-0.15, -0.1) is 0 Å². The smallest absolute Gasteiger partial charge is 0.338 e. The first-order chi connectivity index (χ1) is 11.0. The number of H-pyrrole nitrogens is 1. The average Bonchev–Trinajstić information content (AvgIpc) is 3.13. The maximum atomic E-state index is 11.6. The van der Waals surface area contributed by atoms with Gasteiger partial charge in [0.2, 0.25) is 5.95 Å². The summed E-state index contributed by atoms with van der Waals surface area (Å²) in [4.78, 5) is 29.9. The molecule has 0 bridgehead atoms. The molecule has 0 spiro atoms. The molecule has 0 aliphatic carbocycles. The Morgan fingerprint density at radius 3 is 2.83 bits per heavy atom. The number of carboxylic acid groups (broad SMARTS) is 1. The minimum atomic E-state index is -1.06. The number of Topliss-reactive ketones (excluding diaryl/α,β-unsaturated/α-hetero) is 1. The molecule has 0 radical (unpaired) electrons. The molecule has 0 atom stereocenters. The highest BCUT2D eigenvalue weighted by Gasteiger charge is 2.13. The highest BCUT2D eigenvalue weighted by molar-refractivity contribution is 6.32. The molecular weight excluding hydrogens is 320 g/mol. The summed E-state index contributed by atoms with van der Waals surface area (Å²) in [7, 11) is 0. The summed E-state index contributed by atoms with van der Waals surface area (Å²) in [5.74, 6) is -0.581. The molecule has 2 N–H and O–H groups in total. The van der Waals surface area contributed by atoms with E-state index in [2.05, 4.69) is 15.1 Å². The molecule has 0 unspecified atom stereocenters. The second-order valence-electron chi connectivity index (χ2n) is 5.07. The van der Waals surface area contributed by atoms with Gasteiger partial charge in [0.15, 0.2) is 0 Å². The number of nitrogens with one attached hydrogen (secondary N) is 1. The minimum Gasteiger partial charge on any atom is -0.478 e. The zero-order valence-electron chi connectivity index (χ0n) is 12.2. The number of hydrogen-bond donors (Lipinski definition) is 2. The first kappa shape index (κ1) is 15.2. The number of nitrogens with zero attached hydrogens (tertiary/aromatic N) is 3. The van der Waals surface area contributed by atoms with Gasteiger partial charge in [0.1, 0.15) is 5.78 Å². The number of carboxylic acids is 1. The number of aromatic nitrogens is 4. The Morgan fingerprint density at radius 1 is 1.39 bits per heavy atom. The molecule has 118 valence electrons. The third-order valence-electron chi connectivity index (χ3n) is 3.47. The van der Waals surface area contributed by atoms with Crippen molar-refractivity contribution in [1.29, 1.82) is 0 Å². The number of aromatic carboxylic acids is 1. The first-order valence-electron chi connectivity index (χ1n) is 6.96. The average molecular weight is 333 g/mol. The molecule has 8 heteroatoms. The van der Waals surface area contributed by atoms with Crippen molar-refractivity contribution in [2.45, 2.75) is 19.8 Å². The molecule has 1 aromatic carbocycles. The van der Waals surface area contributed by atoms with E-state index >= 15 is 0 Å². The number of carbonyl (C=O) groups is 2. The third kappa shape index (κ3) is 2.95. The summed E-state index contributed by atoms with van der Waals surface area (Å²) in [5.41, 5.74) is 2.12. The SMILES string of the molecule is CCC(=O)Cc1cc2[nH]c(-n3cc(C(=O)O)cn3)nc2cc1Cl. The van der Waals surface area contributed by atoms with Crippen molar-refractivity contribution in [2.24, 2.45) is 0 Å². The predicted molar refractivity (Wildman–Crippen MR) is 84.2 cm³/mol. The fraction of sp³-hybridized carbons (Fsp3) is 0.200.